The third-order valence-electron chi connectivity index (χ3n) is 2.67. The number of ether oxygens (including phenoxy) is 1. The molecule has 0 aliphatic heterocycles. The SMILES string of the molecule is CCOCCNC(=NC)NCC(C)Sc1ccc(Br)cc1. The molecular formula is C15H24BrN3OS. The predicted octanol–water partition coefficient (Wildman–Crippen LogP) is 3.13. The maximum Gasteiger partial charge on any atom is 0.191 e. The van der Waals surface area contributed by atoms with E-state index < -0.39 is 0 Å². The molecule has 1 unspecified atom stereocenters. The summed E-state index contributed by atoms with van der Waals surface area (Å²) in [6.07, 6.45) is 0. The van der Waals surface area contributed by atoms with Crippen molar-refractivity contribution in [2.75, 3.05) is 33.4 Å². The van der Waals surface area contributed by atoms with Crippen molar-refractivity contribution in [3.05, 3.63) is 28.7 Å². The summed E-state index contributed by atoms with van der Waals surface area (Å²) in [4.78, 5) is 5.47. The average Bonchev–Trinajstić information content (AvgIpc) is 2.49. The van der Waals surface area contributed by atoms with Crippen LogP contribution in [-0.2, 0) is 4.74 Å². The highest BCUT2D eigenvalue weighted by molar-refractivity contribution is 9.10. The van der Waals surface area contributed by atoms with Gasteiger partial charge < -0.3 is 15.4 Å². The van der Waals surface area contributed by atoms with E-state index >= 15 is 0 Å². The van der Waals surface area contributed by atoms with Crippen LogP contribution < -0.4 is 10.6 Å². The van der Waals surface area contributed by atoms with Crippen molar-refractivity contribution in [1.82, 2.24) is 10.6 Å². The Bertz CT molecular complexity index is 425. The molecule has 4 nitrogen and oxygen atoms in total. The van der Waals surface area contributed by atoms with Crippen LogP contribution in [0.15, 0.2) is 38.6 Å². The van der Waals surface area contributed by atoms with E-state index in [0.717, 1.165) is 30.1 Å². The molecule has 0 spiro atoms. The summed E-state index contributed by atoms with van der Waals surface area (Å²) in [7, 11) is 1.78. The lowest BCUT2D eigenvalue weighted by molar-refractivity contribution is 0.152. The van der Waals surface area contributed by atoms with Gasteiger partial charge in [-0.2, -0.15) is 0 Å². The number of aliphatic imine (C=N–C) groups is 1. The van der Waals surface area contributed by atoms with Gasteiger partial charge in [-0.15, -0.1) is 11.8 Å². The zero-order valence-corrected chi connectivity index (χ0v) is 15.3. The van der Waals surface area contributed by atoms with Crippen molar-refractivity contribution < 1.29 is 4.74 Å². The number of halogens is 1. The molecule has 118 valence electrons. The van der Waals surface area contributed by atoms with E-state index in [-0.39, 0.29) is 0 Å². The first-order chi connectivity index (χ1) is 10.2. The molecule has 0 saturated heterocycles. The quantitative estimate of drug-likeness (QED) is 0.318. The van der Waals surface area contributed by atoms with E-state index in [0.29, 0.717) is 11.9 Å². The molecule has 0 radical (unpaired) electrons. The summed E-state index contributed by atoms with van der Waals surface area (Å²) in [5, 5.41) is 7.02. The van der Waals surface area contributed by atoms with Gasteiger partial charge in [0.1, 0.15) is 0 Å². The fourth-order valence-electron chi connectivity index (χ4n) is 1.63. The highest BCUT2D eigenvalue weighted by Gasteiger charge is 2.06. The number of nitrogens with zero attached hydrogens (tertiary/aromatic N) is 1. The second-order valence-corrected chi connectivity index (χ2v) is 6.89. The Hall–Kier alpha value is -0.720. The number of nitrogens with one attached hydrogen (secondary N) is 2. The topological polar surface area (TPSA) is 45.6 Å². The van der Waals surface area contributed by atoms with E-state index in [4.69, 9.17) is 4.74 Å². The van der Waals surface area contributed by atoms with E-state index in [2.05, 4.69) is 62.7 Å². The number of guanidine groups is 1. The van der Waals surface area contributed by atoms with Gasteiger partial charge in [0.25, 0.3) is 0 Å². The van der Waals surface area contributed by atoms with Gasteiger partial charge in [-0.25, -0.2) is 0 Å². The van der Waals surface area contributed by atoms with E-state index in [9.17, 15) is 0 Å². The molecule has 1 aromatic carbocycles. The minimum absolute atomic E-state index is 0.455. The predicted molar refractivity (Wildman–Crippen MR) is 95.3 cm³/mol. The van der Waals surface area contributed by atoms with Gasteiger partial charge in [0.15, 0.2) is 5.96 Å². The fourth-order valence-corrected chi connectivity index (χ4v) is 2.82. The second kappa shape index (κ2) is 10.9. The second-order valence-electron chi connectivity index (χ2n) is 4.46. The van der Waals surface area contributed by atoms with Crippen LogP contribution in [0.4, 0.5) is 0 Å². The summed E-state index contributed by atoms with van der Waals surface area (Å²) < 4.78 is 6.40. The molecular weight excluding hydrogens is 350 g/mol. The Kier molecular flexibility index (Phi) is 9.54. The average molecular weight is 374 g/mol. The Morgan fingerprint density at radius 1 is 1.33 bits per heavy atom. The minimum atomic E-state index is 0.455. The Morgan fingerprint density at radius 3 is 2.67 bits per heavy atom. The van der Waals surface area contributed by atoms with Crippen LogP contribution in [-0.4, -0.2) is 44.6 Å². The first kappa shape index (κ1) is 18.3. The van der Waals surface area contributed by atoms with E-state index in [1.54, 1.807) is 7.05 Å². The molecule has 21 heavy (non-hydrogen) atoms. The Labute approximate surface area is 140 Å². The van der Waals surface area contributed by atoms with Gasteiger partial charge in [0.05, 0.1) is 6.61 Å². The Balaban J connectivity index is 2.27. The molecule has 0 saturated carbocycles. The lowest BCUT2D eigenvalue weighted by Gasteiger charge is -2.16. The number of rotatable bonds is 8. The summed E-state index contributed by atoms with van der Waals surface area (Å²) >= 11 is 5.30. The van der Waals surface area contributed by atoms with Gasteiger partial charge >= 0.3 is 0 Å². The van der Waals surface area contributed by atoms with Crippen molar-refractivity contribution in [3.63, 3.8) is 0 Å². The maximum atomic E-state index is 5.29. The number of hydrogen-bond acceptors (Lipinski definition) is 3. The van der Waals surface area contributed by atoms with Gasteiger partial charge in [-0.1, -0.05) is 22.9 Å². The summed E-state index contributed by atoms with van der Waals surface area (Å²) in [6, 6.07) is 8.38. The lowest BCUT2D eigenvalue weighted by atomic mass is 10.4. The summed E-state index contributed by atoms with van der Waals surface area (Å²) in [6.45, 7) is 7.26. The normalized spacial score (nSPS) is 13.0. The molecule has 1 rings (SSSR count). The third-order valence-corrected chi connectivity index (χ3v) is 4.32. The summed E-state index contributed by atoms with van der Waals surface area (Å²) in [5.41, 5.74) is 0. The number of thioether (sulfide) groups is 1. The van der Waals surface area contributed by atoms with Crippen LogP contribution in [0.2, 0.25) is 0 Å². The molecule has 2 N–H and O–H groups in total. The molecule has 0 fully saturated rings. The van der Waals surface area contributed by atoms with Crippen molar-refractivity contribution in [2.24, 2.45) is 4.99 Å². The van der Waals surface area contributed by atoms with Gasteiger partial charge in [0.2, 0.25) is 0 Å². The molecule has 6 heteroatoms. The van der Waals surface area contributed by atoms with Crippen molar-refractivity contribution in [3.8, 4) is 0 Å². The van der Waals surface area contributed by atoms with Gasteiger partial charge in [-0.3, -0.25) is 4.99 Å². The molecule has 1 atom stereocenters. The minimum Gasteiger partial charge on any atom is -0.380 e. The van der Waals surface area contributed by atoms with Gasteiger partial charge in [0, 0.05) is 41.4 Å². The maximum absolute atomic E-state index is 5.29. The standard InChI is InChI=1S/C15H24BrN3OS/c1-4-20-10-9-18-15(17-3)19-11-12(2)21-14-7-5-13(16)6-8-14/h5-8,12H,4,9-11H2,1-3H3,(H2,17,18,19). The zero-order valence-electron chi connectivity index (χ0n) is 12.9. The van der Waals surface area contributed by atoms with Crippen LogP contribution in [0.3, 0.4) is 0 Å². The van der Waals surface area contributed by atoms with Crippen LogP contribution >= 0.6 is 27.7 Å². The fraction of sp³-hybridized carbons (Fsp3) is 0.533. The van der Waals surface area contributed by atoms with Crippen LogP contribution in [0.5, 0.6) is 0 Å². The highest BCUT2D eigenvalue weighted by atomic mass is 79.9. The number of hydrogen-bond donors (Lipinski definition) is 2. The molecule has 1 aromatic rings. The van der Waals surface area contributed by atoms with Crippen LogP contribution in [0.1, 0.15) is 13.8 Å². The van der Waals surface area contributed by atoms with Crippen molar-refractivity contribution >= 4 is 33.7 Å². The first-order valence-corrected chi connectivity index (χ1v) is 8.77. The molecule has 0 bridgehead atoms. The zero-order chi connectivity index (χ0) is 15.5. The molecule has 0 aliphatic rings. The lowest BCUT2D eigenvalue weighted by Crippen LogP contribution is -2.41. The van der Waals surface area contributed by atoms with Crippen molar-refractivity contribution in [2.45, 2.75) is 24.0 Å². The van der Waals surface area contributed by atoms with Crippen molar-refractivity contribution in [1.29, 1.82) is 0 Å². The molecule has 0 amide bonds. The van der Waals surface area contributed by atoms with Crippen LogP contribution in [0.25, 0.3) is 0 Å². The molecule has 0 aromatic heterocycles. The number of benzene rings is 1. The first-order valence-electron chi connectivity index (χ1n) is 7.10. The highest BCUT2D eigenvalue weighted by Crippen LogP contribution is 2.24. The monoisotopic (exact) mass is 373 g/mol. The molecule has 0 heterocycles. The van der Waals surface area contributed by atoms with Gasteiger partial charge in [-0.05, 0) is 31.2 Å². The van der Waals surface area contributed by atoms with E-state index in [1.807, 2.05) is 18.7 Å². The van der Waals surface area contributed by atoms with E-state index in [1.165, 1.54) is 4.90 Å². The Morgan fingerprint density at radius 2 is 2.05 bits per heavy atom. The largest absolute Gasteiger partial charge is 0.380 e. The third kappa shape index (κ3) is 8.34. The summed E-state index contributed by atoms with van der Waals surface area (Å²) in [5.74, 6) is 0.818. The molecule has 0 aliphatic carbocycles. The smallest absolute Gasteiger partial charge is 0.191 e. The van der Waals surface area contributed by atoms with Crippen LogP contribution in [0, 0.1) is 0 Å².